The highest BCUT2D eigenvalue weighted by Crippen LogP contribution is 1.95. The van der Waals surface area contributed by atoms with Crippen molar-refractivity contribution in [2.45, 2.75) is 26.2 Å². The molecular weight excluding hydrogens is 166 g/mol. The summed E-state index contributed by atoms with van der Waals surface area (Å²) in [6.45, 7) is 6.84. The van der Waals surface area contributed by atoms with E-state index in [1.165, 1.54) is 0 Å². The van der Waals surface area contributed by atoms with Gasteiger partial charge in [0.2, 0.25) is 0 Å². The Bertz CT molecular complexity index is 119. The second-order valence-electron chi connectivity index (χ2n) is 3.52. The molecule has 0 bridgehead atoms. The number of likely N-dealkylation sites (N-methyl/N-ethyl adjacent to an activating group) is 2. The topological polar surface area (TPSA) is 50.5 Å². The van der Waals surface area contributed by atoms with Crippen LogP contribution < -0.4 is 11.1 Å². The maximum atomic E-state index is 5.52. The first-order valence-corrected chi connectivity index (χ1v) is 4.80. The van der Waals surface area contributed by atoms with Crippen molar-refractivity contribution >= 4 is 0 Å². The SMILES string of the molecule is CNCCN(C)CC(C)OC(C)N. The Labute approximate surface area is 81.4 Å². The lowest BCUT2D eigenvalue weighted by Gasteiger charge is -2.22. The van der Waals surface area contributed by atoms with Gasteiger partial charge in [-0.15, -0.1) is 0 Å². The van der Waals surface area contributed by atoms with Crippen LogP contribution in [0.15, 0.2) is 0 Å². The van der Waals surface area contributed by atoms with Gasteiger partial charge < -0.3 is 20.7 Å². The van der Waals surface area contributed by atoms with Gasteiger partial charge in [-0.05, 0) is 27.9 Å². The molecule has 0 fully saturated rings. The van der Waals surface area contributed by atoms with Crippen LogP contribution in [-0.4, -0.2) is 51.0 Å². The molecule has 0 heterocycles. The molecule has 2 atom stereocenters. The fourth-order valence-electron chi connectivity index (χ4n) is 1.24. The number of rotatable bonds is 7. The van der Waals surface area contributed by atoms with Crippen LogP contribution in [0.1, 0.15) is 13.8 Å². The van der Waals surface area contributed by atoms with Crippen LogP contribution in [0.2, 0.25) is 0 Å². The van der Waals surface area contributed by atoms with E-state index in [9.17, 15) is 0 Å². The smallest absolute Gasteiger partial charge is 0.103 e. The van der Waals surface area contributed by atoms with Crippen molar-refractivity contribution in [3.63, 3.8) is 0 Å². The standard InChI is InChI=1S/C9H23N3O/c1-8(13-9(2)10)7-12(4)6-5-11-3/h8-9,11H,5-7,10H2,1-4H3. The van der Waals surface area contributed by atoms with Crippen molar-refractivity contribution in [2.24, 2.45) is 5.73 Å². The number of hydrogen-bond donors (Lipinski definition) is 2. The zero-order valence-corrected chi connectivity index (χ0v) is 9.21. The third kappa shape index (κ3) is 8.18. The van der Waals surface area contributed by atoms with Crippen molar-refractivity contribution < 1.29 is 4.74 Å². The molecule has 4 nitrogen and oxygen atoms in total. The molecule has 0 radical (unpaired) electrons. The summed E-state index contributed by atoms with van der Waals surface area (Å²) in [6, 6.07) is 0. The van der Waals surface area contributed by atoms with Gasteiger partial charge in [0.05, 0.1) is 6.10 Å². The highest BCUT2D eigenvalue weighted by molar-refractivity contribution is 4.59. The molecule has 2 unspecified atom stereocenters. The Morgan fingerprint density at radius 1 is 1.46 bits per heavy atom. The number of nitrogens with zero attached hydrogens (tertiary/aromatic N) is 1. The molecule has 0 saturated carbocycles. The molecule has 0 saturated heterocycles. The zero-order valence-electron chi connectivity index (χ0n) is 9.21. The second-order valence-corrected chi connectivity index (χ2v) is 3.52. The van der Waals surface area contributed by atoms with Crippen molar-refractivity contribution in [1.82, 2.24) is 10.2 Å². The fourth-order valence-corrected chi connectivity index (χ4v) is 1.24. The van der Waals surface area contributed by atoms with E-state index < -0.39 is 0 Å². The Balaban J connectivity index is 3.46. The summed E-state index contributed by atoms with van der Waals surface area (Å²) in [5.41, 5.74) is 5.52. The minimum atomic E-state index is -0.173. The number of nitrogens with two attached hydrogens (primary N) is 1. The number of ether oxygens (including phenoxy) is 1. The van der Waals surface area contributed by atoms with Crippen LogP contribution in [0, 0.1) is 0 Å². The predicted molar refractivity (Wildman–Crippen MR) is 55.6 cm³/mol. The number of hydrogen-bond acceptors (Lipinski definition) is 4. The molecule has 0 aromatic carbocycles. The zero-order chi connectivity index (χ0) is 10.3. The Morgan fingerprint density at radius 3 is 2.54 bits per heavy atom. The van der Waals surface area contributed by atoms with Gasteiger partial charge >= 0.3 is 0 Å². The summed E-state index contributed by atoms with van der Waals surface area (Å²) in [6.07, 6.45) is 0.0227. The van der Waals surface area contributed by atoms with Gasteiger partial charge in [0.25, 0.3) is 0 Å². The molecule has 0 aliphatic heterocycles. The van der Waals surface area contributed by atoms with Gasteiger partial charge in [-0.1, -0.05) is 0 Å². The van der Waals surface area contributed by atoms with Crippen molar-refractivity contribution in [3.05, 3.63) is 0 Å². The average Bonchev–Trinajstić information content (AvgIpc) is 1.98. The minimum absolute atomic E-state index is 0.173. The third-order valence-electron chi connectivity index (χ3n) is 1.76. The lowest BCUT2D eigenvalue weighted by molar-refractivity contribution is -0.00298. The molecule has 0 aliphatic rings. The maximum absolute atomic E-state index is 5.52. The van der Waals surface area contributed by atoms with Crippen LogP contribution in [0.4, 0.5) is 0 Å². The first-order chi connectivity index (χ1) is 6.06. The largest absolute Gasteiger partial charge is 0.360 e. The van der Waals surface area contributed by atoms with Gasteiger partial charge in [0, 0.05) is 19.6 Å². The first-order valence-electron chi connectivity index (χ1n) is 4.80. The monoisotopic (exact) mass is 189 g/mol. The van der Waals surface area contributed by atoms with E-state index in [1.54, 1.807) is 0 Å². The summed E-state index contributed by atoms with van der Waals surface area (Å²) in [7, 11) is 4.04. The fraction of sp³-hybridized carbons (Fsp3) is 1.00. The Hall–Kier alpha value is -0.160. The molecule has 3 N–H and O–H groups in total. The molecule has 0 aromatic heterocycles. The molecule has 13 heavy (non-hydrogen) atoms. The van der Waals surface area contributed by atoms with Crippen LogP contribution in [-0.2, 0) is 4.74 Å². The third-order valence-corrected chi connectivity index (χ3v) is 1.76. The Kier molecular flexibility index (Phi) is 7.17. The van der Waals surface area contributed by atoms with E-state index in [0.29, 0.717) is 0 Å². The predicted octanol–water partition coefficient (Wildman–Crippen LogP) is -0.153. The summed E-state index contributed by atoms with van der Waals surface area (Å²) >= 11 is 0. The van der Waals surface area contributed by atoms with Gasteiger partial charge in [0.1, 0.15) is 6.23 Å². The van der Waals surface area contributed by atoms with E-state index in [2.05, 4.69) is 17.3 Å². The highest BCUT2D eigenvalue weighted by atomic mass is 16.5. The summed E-state index contributed by atoms with van der Waals surface area (Å²) < 4.78 is 5.42. The minimum Gasteiger partial charge on any atom is -0.360 e. The van der Waals surface area contributed by atoms with Crippen molar-refractivity contribution in [3.8, 4) is 0 Å². The average molecular weight is 189 g/mol. The molecule has 4 heteroatoms. The van der Waals surface area contributed by atoms with Crippen molar-refractivity contribution in [1.29, 1.82) is 0 Å². The Morgan fingerprint density at radius 2 is 2.08 bits per heavy atom. The van der Waals surface area contributed by atoms with Crippen molar-refractivity contribution in [2.75, 3.05) is 33.7 Å². The van der Waals surface area contributed by atoms with E-state index in [1.807, 2.05) is 20.9 Å². The van der Waals surface area contributed by atoms with Gasteiger partial charge in [-0.25, -0.2) is 0 Å². The van der Waals surface area contributed by atoms with Gasteiger partial charge in [0.15, 0.2) is 0 Å². The lowest BCUT2D eigenvalue weighted by Crippen LogP contribution is -2.36. The van der Waals surface area contributed by atoms with E-state index in [4.69, 9.17) is 10.5 Å². The molecule has 0 spiro atoms. The summed E-state index contributed by atoms with van der Waals surface area (Å²) in [4.78, 5) is 2.23. The van der Waals surface area contributed by atoms with E-state index >= 15 is 0 Å². The van der Waals surface area contributed by atoms with Crippen LogP contribution in [0.3, 0.4) is 0 Å². The lowest BCUT2D eigenvalue weighted by atomic mass is 10.3. The van der Waals surface area contributed by atoms with Crippen LogP contribution in [0.25, 0.3) is 0 Å². The highest BCUT2D eigenvalue weighted by Gasteiger charge is 2.07. The summed E-state index contributed by atoms with van der Waals surface area (Å²) in [5.74, 6) is 0. The molecule has 80 valence electrons. The van der Waals surface area contributed by atoms with E-state index in [0.717, 1.165) is 19.6 Å². The maximum Gasteiger partial charge on any atom is 0.103 e. The molecule has 0 aromatic rings. The second kappa shape index (κ2) is 7.26. The summed E-state index contributed by atoms with van der Waals surface area (Å²) in [5, 5.41) is 3.11. The van der Waals surface area contributed by atoms with E-state index in [-0.39, 0.29) is 12.3 Å². The van der Waals surface area contributed by atoms with Gasteiger partial charge in [-0.2, -0.15) is 0 Å². The molecule has 0 rings (SSSR count). The van der Waals surface area contributed by atoms with Gasteiger partial charge in [-0.3, -0.25) is 0 Å². The first kappa shape index (κ1) is 12.8. The normalized spacial score (nSPS) is 16.2. The van der Waals surface area contributed by atoms with Crippen LogP contribution >= 0.6 is 0 Å². The quantitative estimate of drug-likeness (QED) is 0.547. The number of nitrogens with one attached hydrogen (secondary N) is 1. The molecule has 0 amide bonds. The van der Waals surface area contributed by atoms with Crippen LogP contribution in [0.5, 0.6) is 0 Å². The molecule has 0 aliphatic carbocycles. The molecular formula is C9H23N3O.